The van der Waals surface area contributed by atoms with Crippen LogP contribution in [0.3, 0.4) is 0 Å². The Morgan fingerprint density at radius 3 is 2.38 bits per heavy atom. The van der Waals surface area contributed by atoms with Crippen molar-refractivity contribution in [3.05, 3.63) is 0 Å². The van der Waals surface area contributed by atoms with E-state index in [1.54, 1.807) is 0 Å². The Hall–Kier alpha value is -0.610. The van der Waals surface area contributed by atoms with Gasteiger partial charge in [-0.1, -0.05) is 13.8 Å². The van der Waals surface area contributed by atoms with Gasteiger partial charge in [-0.2, -0.15) is 0 Å². The Bertz CT molecular complexity index is 465. The lowest BCUT2D eigenvalue weighted by Crippen LogP contribution is -2.53. The average molecular weight is 480 g/mol. The predicted octanol–water partition coefficient (Wildman–Crippen LogP) is 0.662. The van der Waals surface area contributed by atoms with Crippen molar-refractivity contribution in [2.24, 2.45) is 10.9 Å². The average Bonchev–Trinajstić information content (AvgIpc) is 3.06. The Morgan fingerprint density at radius 2 is 1.81 bits per heavy atom. The summed E-state index contributed by atoms with van der Waals surface area (Å²) in [7, 11) is 3.99. The number of amides is 1. The van der Waals surface area contributed by atoms with Crippen LogP contribution in [-0.2, 0) is 4.79 Å². The molecule has 2 fully saturated rings. The van der Waals surface area contributed by atoms with E-state index in [1.807, 2.05) is 25.8 Å². The maximum Gasteiger partial charge on any atom is 0.225 e. The Kier molecular flexibility index (Phi) is 10.2. The number of hydrogen-bond donors (Lipinski definition) is 2. The molecule has 2 rings (SSSR count). The number of piperazine rings is 1. The van der Waals surface area contributed by atoms with Crippen molar-refractivity contribution in [1.82, 2.24) is 25.3 Å². The summed E-state index contributed by atoms with van der Waals surface area (Å²) in [6, 6.07) is 0.766. The summed E-state index contributed by atoms with van der Waals surface area (Å²) >= 11 is 0. The second-order valence-electron chi connectivity index (χ2n) is 7.71. The van der Waals surface area contributed by atoms with Gasteiger partial charge in [-0.15, -0.1) is 24.0 Å². The minimum Gasteiger partial charge on any atom is -0.355 e. The zero-order valence-corrected chi connectivity index (χ0v) is 19.3. The van der Waals surface area contributed by atoms with Crippen molar-refractivity contribution >= 4 is 35.8 Å². The number of likely N-dealkylation sites (tertiary alicyclic amines) is 1. The Labute approximate surface area is 176 Å². The van der Waals surface area contributed by atoms with E-state index >= 15 is 0 Å². The van der Waals surface area contributed by atoms with Crippen LogP contribution in [0.5, 0.6) is 0 Å². The van der Waals surface area contributed by atoms with Gasteiger partial charge >= 0.3 is 0 Å². The first kappa shape index (κ1) is 23.4. The molecule has 152 valence electrons. The van der Waals surface area contributed by atoms with Crippen LogP contribution in [0.15, 0.2) is 4.99 Å². The summed E-state index contributed by atoms with van der Waals surface area (Å²) < 4.78 is 0. The third kappa shape index (κ3) is 6.84. The van der Waals surface area contributed by atoms with Gasteiger partial charge in [0.15, 0.2) is 5.96 Å². The minimum atomic E-state index is 0. The molecule has 2 N–H and O–H groups in total. The second kappa shape index (κ2) is 11.3. The van der Waals surface area contributed by atoms with Crippen LogP contribution in [0.1, 0.15) is 27.2 Å². The number of guanidine groups is 1. The van der Waals surface area contributed by atoms with E-state index in [4.69, 9.17) is 0 Å². The zero-order chi connectivity index (χ0) is 18.4. The highest BCUT2D eigenvalue weighted by molar-refractivity contribution is 14.0. The number of rotatable bonds is 5. The lowest BCUT2D eigenvalue weighted by atomic mass is 10.2. The fourth-order valence-electron chi connectivity index (χ4n) is 3.47. The van der Waals surface area contributed by atoms with Crippen LogP contribution < -0.4 is 10.6 Å². The molecule has 0 aromatic rings. The van der Waals surface area contributed by atoms with E-state index < -0.39 is 0 Å². The van der Waals surface area contributed by atoms with E-state index in [9.17, 15) is 4.79 Å². The monoisotopic (exact) mass is 480 g/mol. The van der Waals surface area contributed by atoms with Crippen molar-refractivity contribution in [2.45, 2.75) is 39.3 Å². The van der Waals surface area contributed by atoms with Crippen molar-refractivity contribution < 1.29 is 4.79 Å². The molecule has 2 atom stereocenters. The van der Waals surface area contributed by atoms with Gasteiger partial charge in [-0.25, -0.2) is 0 Å². The number of aliphatic imine (C=N–C) groups is 1. The molecule has 0 spiro atoms. The molecule has 0 aliphatic carbocycles. The summed E-state index contributed by atoms with van der Waals surface area (Å²) in [5.41, 5.74) is 0. The molecule has 0 saturated carbocycles. The molecule has 2 aliphatic heterocycles. The first-order chi connectivity index (χ1) is 11.9. The number of halogens is 1. The number of carbonyl (C=O) groups is 1. The number of nitrogens with one attached hydrogen (secondary N) is 2. The summed E-state index contributed by atoms with van der Waals surface area (Å²) in [6.07, 6.45) is 0.979. The molecule has 2 unspecified atom stereocenters. The van der Waals surface area contributed by atoms with Crippen molar-refractivity contribution in [1.29, 1.82) is 0 Å². The number of hydrogen-bond acceptors (Lipinski definition) is 4. The first-order valence-electron chi connectivity index (χ1n) is 9.59. The smallest absolute Gasteiger partial charge is 0.225 e. The standard InChI is InChI=1S/C18H36N6O.HI/c1-14(2)17(25)24-7-6-16(13-24)21-18(19-4)20-12-15(3)23-10-8-22(5)9-11-23;/h14-16H,6-13H2,1-5H3,(H2,19,20,21);1H. The van der Waals surface area contributed by atoms with Gasteiger partial charge in [-0.05, 0) is 20.4 Å². The maximum absolute atomic E-state index is 12.1. The van der Waals surface area contributed by atoms with Gasteiger partial charge in [0, 0.05) is 70.9 Å². The Morgan fingerprint density at radius 1 is 1.15 bits per heavy atom. The van der Waals surface area contributed by atoms with E-state index in [0.29, 0.717) is 6.04 Å². The molecule has 0 aromatic carbocycles. The lowest BCUT2D eigenvalue weighted by molar-refractivity contribution is -0.133. The lowest BCUT2D eigenvalue weighted by Gasteiger charge is -2.36. The summed E-state index contributed by atoms with van der Waals surface area (Å²) in [5, 5.41) is 6.92. The van der Waals surface area contributed by atoms with Crippen LogP contribution in [0, 0.1) is 5.92 Å². The van der Waals surface area contributed by atoms with Crippen LogP contribution in [0.25, 0.3) is 0 Å². The maximum atomic E-state index is 12.1. The number of carbonyl (C=O) groups excluding carboxylic acids is 1. The van der Waals surface area contributed by atoms with Gasteiger partial charge in [0.05, 0.1) is 0 Å². The summed E-state index contributed by atoms with van der Waals surface area (Å²) in [4.78, 5) is 23.3. The van der Waals surface area contributed by atoms with Crippen molar-refractivity contribution in [3.8, 4) is 0 Å². The molecule has 2 heterocycles. The predicted molar refractivity (Wildman–Crippen MR) is 118 cm³/mol. The molecule has 0 aromatic heterocycles. The fraction of sp³-hybridized carbons (Fsp3) is 0.889. The molecule has 7 nitrogen and oxygen atoms in total. The van der Waals surface area contributed by atoms with Gasteiger partial charge in [-0.3, -0.25) is 14.7 Å². The van der Waals surface area contributed by atoms with E-state index in [1.165, 1.54) is 0 Å². The Balaban J connectivity index is 0.00000338. The van der Waals surface area contributed by atoms with E-state index in [0.717, 1.165) is 58.2 Å². The largest absolute Gasteiger partial charge is 0.355 e. The fourth-order valence-corrected chi connectivity index (χ4v) is 3.47. The van der Waals surface area contributed by atoms with Crippen molar-refractivity contribution in [3.63, 3.8) is 0 Å². The third-order valence-corrected chi connectivity index (χ3v) is 5.28. The van der Waals surface area contributed by atoms with E-state index in [2.05, 4.69) is 39.4 Å². The van der Waals surface area contributed by atoms with Crippen LogP contribution in [0.4, 0.5) is 0 Å². The minimum absolute atomic E-state index is 0. The normalized spacial score (nSPS) is 23.7. The van der Waals surface area contributed by atoms with Crippen molar-refractivity contribution in [2.75, 3.05) is 59.9 Å². The summed E-state index contributed by atoms with van der Waals surface area (Å²) in [6.45, 7) is 13.2. The highest BCUT2D eigenvalue weighted by Gasteiger charge is 2.28. The van der Waals surface area contributed by atoms with Gasteiger partial charge in [0.1, 0.15) is 0 Å². The molecule has 2 aliphatic rings. The third-order valence-electron chi connectivity index (χ3n) is 5.28. The molecule has 1 amide bonds. The van der Waals surface area contributed by atoms with E-state index in [-0.39, 0.29) is 41.8 Å². The molecule has 8 heteroatoms. The molecule has 0 radical (unpaired) electrons. The highest BCUT2D eigenvalue weighted by atomic mass is 127. The summed E-state index contributed by atoms with van der Waals surface area (Å²) in [5.74, 6) is 1.15. The molecular formula is C18H37IN6O. The van der Waals surface area contributed by atoms with Gasteiger partial charge in [0.25, 0.3) is 0 Å². The molecule has 2 saturated heterocycles. The van der Waals surface area contributed by atoms with Crippen LogP contribution in [-0.4, -0.2) is 98.6 Å². The number of likely N-dealkylation sites (N-methyl/N-ethyl adjacent to an activating group) is 1. The van der Waals surface area contributed by atoms with Crippen LogP contribution >= 0.6 is 24.0 Å². The van der Waals surface area contributed by atoms with Gasteiger partial charge in [0.2, 0.25) is 5.91 Å². The highest BCUT2D eigenvalue weighted by Crippen LogP contribution is 2.12. The topological polar surface area (TPSA) is 63.2 Å². The van der Waals surface area contributed by atoms with Crippen LogP contribution in [0.2, 0.25) is 0 Å². The molecule has 26 heavy (non-hydrogen) atoms. The zero-order valence-electron chi connectivity index (χ0n) is 17.0. The quantitative estimate of drug-likeness (QED) is 0.344. The number of nitrogens with zero attached hydrogens (tertiary/aromatic N) is 4. The molecular weight excluding hydrogens is 443 g/mol. The SMILES string of the molecule is CN=C(NCC(C)N1CCN(C)CC1)NC1CCN(C(=O)C(C)C)C1.I. The first-order valence-corrected chi connectivity index (χ1v) is 9.59. The second-order valence-corrected chi connectivity index (χ2v) is 7.71. The van der Waals surface area contributed by atoms with Gasteiger partial charge < -0.3 is 20.4 Å². The molecule has 0 bridgehead atoms.